The lowest BCUT2D eigenvalue weighted by atomic mass is 10.0. The molecule has 0 amide bonds. The second-order valence-corrected chi connectivity index (χ2v) is 3.67. The number of hydrogen-bond donors (Lipinski definition) is 1. The SMILES string of the molecule is COc1ccc(CC(C)C)cc1N. The molecule has 1 aromatic rings. The molecule has 0 unspecified atom stereocenters. The monoisotopic (exact) mass is 179 g/mol. The third kappa shape index (κ3) is 2.65. The number of hydrogen-bond acceptors (Lipinski definition) is 2. The van der Waals surface area contributed by atoms with Crippen LogP contribution >= 0.6 is 0 Å². The van der Waals surface area contributed by atoms with Gasteiger partial charge in [0, 0.05) is 0 Å². The second-order valence-electron chi connectivity index (χ2n) is 3.67. The number of nitrogens with two attached hydrogens (primary N) is 1. The Balaban J connectivity index is 2.83. The van der Waals surface area contributed by atoms with Gasteiger partial charge in [-0.2, -0.15) is 0 Å². The minimum atomic E-state index is 0.660. The maximum Gasteiger partial charge on any atom is 0.141 e. The number of rotatable bonds is 3. The van der Waals surface area contributed by atoms with Crippen molar-refractivity contribution in [1.29, 1.82) is 0 Å². The minimum Gasteiger partial charge on any atom is -0.495 e. The van der Waals surface area contributed by atoms with Crippen molar-refractivity contribution in [3.63, 3.8) is 0 Å². The zero-order chi connectivity index (χ0) is 9.84. The summed E-state index contributed by atoms with van der Waals surface area (Å²) < 4.78 is 5.08. The number of benzene rings is 1. The van der Waals surface area contributed by atoms with Crippen LogP contribution in [0.4, 0.5) is 5.69 Å². The van der Waals surface area contributed by atoms with E-state index in [9.17, 15) is 0 Å². The zero-order valence-electron chi connectivity index (χ0n) is 8.50. The summed E-state index contributed by atoms with van der Waals surface area (Å²) in [5, 5.41) is 0. The Labute approximate surface area is 79.7 Å². The molecule has 0 heterocycles. The van der Waals surface area contributed by atoms with Gasteiger partial charge in [-0.1, -0.05) is 19.9 Å². The van der Waals surface area contributed by atoms with Crippen molar-refractivity contribution in [3.05, 3.63) is 23.8 Å². The van der Waals surface area contributed by atoms with Gasteiger partial charge in [0.2, 0.25) is 0 Å². The van der Waals surface area contributed by atoms with E-state index in [0.717, 1.165) is 17.9 Å². The van der Waals surface area contributed by atoms with Gasteiger partial charge in [-0.05, 0) is 30.0 Å². The van der Waals surface area contributed by atoms with Gasteiger partial charge in [-0.3, -0.25) is 0 Å². The fourth-order valence-corrected chi connectivity index (χ4v) is 1.38. The first kappa shape index (κ1) is 9.90. The van der Waals surface area contributed by atoms with E-state index >= 15 is 0 Å². The molecule has 0 aliphatic heterocycles. The average molecular weight is 179 g/mol. The van der Waals surface area contributed by atoms with Crippen molar-refractivity contribution >= 4 is 5.69 Å². The number of anilines is 1. The number of methoxy groups -OCH3 is 1. The molecule has 0 spiro atoms. The van der Waals surface area contributed by atoms with Gasteiger partial charge < -0.3 is 10.5 Å². The van der Waals surface area contributed by atoms with Crippen LogP contribution in [0.5, 0.6) is 5.75 Å². The molecule has 0 aliphatic rings. The fraction of sp³-hybridized carbons (Fsp3) is 0.455. The van der Waals surface area contributed by atoms with E-state index in [0.29, 0.717) is 5.92 Å². The summed E-state index contributed by atoms with van der Waals surface area (Å²) in [6.45, 7) is 4.39. The molecule has 0 aromatic heterocycles. The molecule has 1 aromatic carbocycles. The topological polar surface area (TPSA) is 35.2 Å². The third-order valence-electron chi connectivity index (χ3n) is 1.94. The molecule has 0 bridgehead atoms. The summed E-state index contributed by atoms with van der Waals surface area (Å²) in [7, 11) is 1.63. The molecule has 72 valence electrons. The summed E-state index contributed by atoms with van der Waals surface area (Å²) in [5.41, 5.74) is 7.78. The predicted molar refractivity (Wildman–Crippen MR) is 55.9 cm³/mol. The van der Waals surface area contributed by atoms with Crippen LogP contribution in [0.2, 0.25) is 0 Å². The van der Waals surface area contributed by atoms with Gasteiger partial charge in [0.15, 0.2) is 0 Å². The maximum absolute atomic E-state index is 5.78. The van der Waals surface area contributed by atoms with Crippen LogP contribution in [-0.2, 0) is 6.42 Å². The first-order valence-electron chi connectivity index (χ1n) is 4.56. The molecule has 0 saturated heterocycles. The largest absolute Gasteiger partial charge is 0.495 e. The summed E-state index contributed by atoms with van der Waals surface area (Å²) >= 11 is 0. The minimum absolute atomic E-state index is 0.660. The molecule has 2 heteroatoms. The van der Waals surface area contributed by atoms with Gasteiger partial charge in [-0.25, -0.2) is 0 Å². The van der Waals surface area contributed by atoms with E-state index in [1.54, 1.807) is 7.11 Å². The number of nitrogen functional groups attached to an aromatic ring is 1. The summed E-state index contributed by atoms with van der Waals surface area (Å²) in [6.07, 6.45) is 1.06. The Kier molecular flexibility index (Phi) is 3.18. The molecule has 1 rings (SSSR count). The highest BCUT2D eigenvalue weighted by Gasteiger charge is 2.02. The van der Waals surface area contributed by atoms with Gasteiger partial charge in [0.05, 0.1) is 12.8 Å². The smallest absolute Gasteiger partial charge is 0.141 e. The van der Waals surface area contributed by atoms with E-state index in [-0.39, 0.29) is 0 Å². The van der Waals surface area contributed by atoms with E-state index in [1.165, 1.54) is 5.56 Å². The molecule has 2 nitrogen and oxygen atoms in total. The van der Waals surface area contributed by atoms with Crippen molar-refractivity contribution in [3.8, 4) is 5.75 Å². The van der Waals surface area contributed by atoms with Gasteiger partial charge >= 0.3 is 0 Å². The van der Waals surface area contributed by atoms with E-state index in [1.807, 2.05) is 12.1 Å². The highest BCUT2D eigenvalue weighted by molar-refractivity contribution is 5.54. The molecule has 0 saturated carbocycles. The van der Waals surface area contributed by atoms with Crippen LogP contribution < -0.4 is 10.5 Å². The van der Waals surface area contributed by atoms with Crippen molar-refractivity contribution < 1.29 is 4.74 Å². The first-order valence-corrected chi connectivity index (χ1v) is 4.56. The molecular formula is C11H17NO. The van der Waals surface area contributed by atoms with Crippen molar-refractivity contribution in [2.75, 3.05) is 12.8 Å². The molecule has 0 aliphatic carbocycles. The lowest BCUT2D eigenvalue weighted by Crippen LogP contribution is -1.97. The second kappa shape index (κ2) is 4.17. The van der Waals surface area contributed by atoms with Crippen molar-refractivity contribution in [2.45, 2.75) is 20.3 Å². The average Bonchev–Trinajstić information content (AvgIpc) is 2.03. The van der Waals surface area contributed by atoms with E-state index in [4.69, 9.17) is 10.5 Å². The van der Waals surface area contributed by atoms with Crippen molar-refractivity contribution in [1.82, 2.24) is 0 Å². The molecule has 13 heavy (non-hydrogen) atoms. The van der Waals surface area contributed by atoms with Gasteiger partial charge in [-0.15, -0.1) is 0 Å². The quantitative estimate of drug-likeness (QED) is 0.723. The molecule has 0 fully saturated rings. The van der Waals surface area contributed by atoms with Crippen LogP contribution in [0.3, 0.4) is 0 Å². The Morgan fingerprint density at radius 1 is 1.38 bits per heavy atom. The van der Waals surface area contributed by atoms with Crippen LogP contribution in [0.15, 0.2) is 18.2 Å². The van der Waals surface area contributed by atoms with Crippen LogP contribution in [-0.4, -0.2) is 7.11 Å². The maximum atomic E-state index is 5.78. The third-order valence-corrected chi connectivity index (χ3v) is 1.94. The Morgan fingerprint density at radius 2 is 2.08 bits per heavy atom. The van der Waals surface area contributed by atoms with Crippen LogP contribution in [0.1, 0.15) is 19.4 Å². The predicted octanol–water partition coefficient (Wildman–Crippen LogP) is 2.48. The molecule has 2 N–H and O–H groups in total. The van der Waals surface area contributed by atoms with Gasteiger partial charge in [0.1, 0.15) is 5.75 Å². The fourth-order valence-electron chi connectivity index (χ4n) is 1.38. The van der Waals surface area contributed by atoms with Crippen molar-refractivity contribution in [2.24, 2.45) is 5.92 Å². The van der Waals surface area contributed by atoms with E-state index in [2.05, 4.69) is 19.9 Å². The highest BCUT2D eigenvalue weighted by atomic mass is 16.5. The summed E-state index contributed by atoms with van der Waals surface area (Å²) in [5.74, 6) is 1.42. The van der Waals surface area contributed by atoms with E-state index < -0.39 is 0 Å². The Hall–Kier alpha value is -1.18. The Bertz CT molecular complexity index is 281. The number of ether oxygens (including phenoxy) is 1. The lowest BCUT2D eigenvalue weighted by Gasteiger charge is -2.08. The lowest BCUT2D eigenvalue weighted by molar-refractivity contribution is 0.416. The first-order chi connectivity index (χ1) is 6.13. The highest BCUT2D eigenvalue weighted by Crippen LogP contribution is 2.23. The molecular weight excluding hydrogens is 162 g/mol. The standard InChI is InChI=1S/C11H17NO/c1-8(2)6-9-4-5-11(13-3)10(12)7-9/h4-5,7-8H,6,12H2,1-3H3. The Morgan fingerprint density at radius 3 is 2.54 bits per heavy atom. The molecule has 0 atom stereocenters. The normalized spacial score (nSPS) is 10.5. The van der Waals surface area contributed by atoms with Crippen LogP contribution in [0.25, 0.3) is 0 Å². The van der Waals surface area contributed by atoms with Gasteiger partial charge in [0.25, 0.3) is 0 Å². The van der Waals surface area contributed by atoms with Crippen LogP contribution in [0, 0.1) is 5.92 Å². The summed E-state index contributed by atoms with van der Waals surface area (Å²) in [6, 6.07) is 5.97. The summed E-state index contributed by atoms with van der Waals surface area (Å²) in [4.78, 5) is 0. The zero-order valence-corrected chi connectivity index (χ0v) is 8.50. The molecule has 0 radical (unpaired) electrons.